The van der Waals surface area contributed by atoms with Crippen LogP contribution in [-0.4, -0.2) is 43.0 Å². The van der Waals surface area contributed by atoms with E-state index < -0.39 is 0 Å². The highest BCUT2D eigenvalue weighted by Gasteiger charge is 2.30. The molecule has 0 aliphatic heterocycles. The van der Waals surface area contributed by atoms with Crippen molar-refractivity contribution in [1.29, 1.82) is 0 Å². The standard InChI is InChI=1S/C18H22BrN7O2/c1-10(2)22-18(27)28-12-4-3-11(7-12)13-8-16(25-24-13)23-17-14-5-6-21-26(14)15(19)9-20-17/h5-6,8-12H,3-4,7H2,1-2H3,(H,22,27)(H2,20,23,24,25). The van der Waals surface area contributed by atoms with Crippen molar-refractivity contribution >= 4 is 39.2 Å². The molecule has 148 valence electrons. The second kappa shape index (κ2) is 7.78. The van der Waals surface area contributed by atoms with Gasteiger partial charge in [-0.15, -0.1) is 0 Å². The van der Waals surface area contributed by atoms with E-state index in [1.807, 2.05) is 26.0 Å². The molecule has 0 spiro atoms. The fourth-order valence-corrected chi connectivity index (χ4v) is 3.85. The number of aromatic nitrogens is 5. The Morgan fingerprint density at radius 3 is 3.11 bits per heavy atom. The summed E-state index contributed by atoms with van der Waals surface area (Å²) < 4.78 is 8.03. The molecular formula is C18H22BrN7O2. The minimum atomic E-state index is -0.348. The van der Waals surface area contributed by atoms with E-state index in [0.717, 1.165) is 35.1 Å². The van der Waals surface area contributed by atoms with Gasteiger partial charge in [-0.2, -0.15) is 10.2 Å². The number of halogens is 1. The van der Waals surface area contributed by atoms with E-state index in [2.05, 4.69) is 46.8 Å². The van der Waals surface area contributed by atoms with Gasteiger partial charge in [-0.3, -0.25) is 5.10 Å². The van der Waals surface area contributed by atoms with E-state index in [0.29, 0.717) is 11.6 Å². The molecule has 1 aliphatic rings. The van der Waals surface area contributed by atoms with Crippen LogP contribution >= 0.6 is 15.9 Å². The molecule has 3 heterocycles. The van der Waals surface area contributed by atoms with Gasteiger partial charge in [0, 0.05) is 23.7 Å². The summed E-state index contributed by atoms with van der Waals surface area (Å²) in [6.45, 7) is 3.83. The molecule has 9 nitrogen and oxygen atoms in total. The third-order valence-electron chi connectivity index (χ3n) is 4.74. The lowest BCUT2D eigenvalue weighted by Gasteiger charge is -2.14. The number of alkyl carbamates (subject to hydrolysis) is 1. The number of hydrogen-bond acceptors (Lipinski definition) is 6. The molecule has 0 bridgehead atoms. The Morgan fingerprint density at radius 1 is 1.43 bits per heavy atom. The van der Waals surface area contributed by atoms with E-state index in [-0.39, 0.29) is 24.2 Å². The average Bonchev–Trinajstić information content (AvgIpc) is 3.36. The fraction of sp³-hybridized carbons (Fsp3) is 0.444. The number of amides is 1. The number of rotatable bonds is 5. The molecule has 3 aromatic heterocycles. The van der Waals surface area contributed by atoms with Crippen molar-refractivity contribution in [3.8, 4) is 0 Å². The second-order valence-corrected chi connectivity index (χ2v) is 8.04. The lowest BCUT2D eigenvalue weighted by molar-refractivity contribution is 0.0981. The Morgan fingerprint density at radius 2 is 2.29 bits per heavy atom. The molecule has 1 saturated carbocycles. The molecule has 28 heavy (non-hydrogen) atoms. The minimum Gasteiger partial charge on any atom is -0.446 e. The topological polar surface area (TPSA) is 109 Å². The maximum absolute atomic E-state index is 11.8. The van der Waals surface area contributed by atoms with E-state index in [4.69, 9.17) is 4.74 Å². The van der Waals surface area contributed by atoms with Gasteiger partial charge in [-0.25, -0.2) is 14.3 Å². The third kappa shape index (κ3) is 3.96. The molecule has 1 aliphatic carbocycles. The van der Waals surface area contributed by atoms with Crippen LogP contribution in [0, 0.1) is 0 Å². The molecule has 10 heteroatoms. The Hall–Kier alpha value is -2.62. The molecule has 0 saturated heterocycles. The highest BCUT2D eigenvalue weighted by atomic mass is 79.9. The summed E-state index contributed by atoms with van der Waals surface area (Å²) in [5, 5.41) is 17.7. The van der Waals surface area contributed by atoms with Crippen LogP contribution < -0.4 is 10.6 Å². The van der Waals surface area contributed by atoms with Gasteiger partial charge < -0.3 is 15.4 Å². The Balaban J connectivity index is 1.40. The van der Waals surface area contributed by atoms with Crippen LogP contribution in [0.5, 0.6) is 0 Å². The van der Waals surface area contributed by atoms with Crippen LogP contribution in [0.3, 0.4) is 0 Å². The molecule has 3 N–H and O–H groups in total. The number of nitrogens with one attached hydrogen (secondary N) is 3. The number of H-pyrrole nitrogens is 1. The third-order valence-corrected chi connectivity index (χ3v) is 5.28. The van der Waals surface area contributed by atoms with Crippen molar-refractivity contribution in [2.45, 2.75) is 51.2 Å². The number of anilines is 2. The van der Waals surface area contributed by atoms with E-state index in [1.165, 1.54) is 0 Å². The van der Waals surface area contributed by atoms with Crippen molar-refractivity contribution < 1.29 is 9.53 Å². The zero-order valence-electron chi connectivity index (χ0n) is 15.6. The van der Waals surface area contributed by atoms with Crippen LogP contribution in [0.2, 0.25) is 0 Å². The Labute approximate surface area is 170 Å². The largest absolute Gasteiger partial charge is 0.446 e. The molecule has 1 amide bonds. The number of hydrogen-bond donors (Lipinski definition) is 3. The monoisotopic (exact) mass is 447 g/mol. The zero-order chi connectivity index (χ0) is 19.7. The fourth-order valence-electron chi connectivity index (χ4n) is 3.47. The molecule has 2 unspecified atom stereocenters. The van der Waals surface area contributed by atoms with Gasteiger partial charge in [0.1, 0.15) is 16.2 Å². The van der Waals surface area contributed by atoms with Crippen molar-refractivity contribution in [3.05, 3.63) is 34.8 Å². The predicted octanol–water partition coefficient (Wildman–Crippen LogP) is 3.73. The lowest BCUT2D eigenvalue weighted by Crippen LogP contribution is -2.33. The lowest BCUT2D eigenvalue weighted by atomic mass is 10.0. The number of aromatic amines is 1. The first-order chi connectivity index (χ1) is 13.5. The number of nitrogens with zero attached hydrogens (tertiary/aromatic N) is 4. The second-order valence-electron chi connectivity index (χ2n) is 7.23. The highest BCUT2D eigenvalue weighted by Crippen LogP contribution is 2.36. The number of carbonyl (C=O) groups excluding carboxylic acids is 1. The smallest absolute Gasteiger partial charge is 0.407 e. The van der Waals surface area contributed by atoms with Crippen LogP contribution in [0.1, 0.15) is 44.7 Å². The number of fused-ring (bicyclic) bond motifs is 1. The van der Waals surface area contributed by atoms with Crippen molar-refractivity contribution in [3.63, 3.8) is 0 Å². The molecule has 1 fully saturated rings. The van der Waals surface area contributed by atoms with Crippen molar-refractivity contribution in [2.75, 3.05) is 5.32 Å². The molecule has 0 aromatic carbocycles. The summed E-state index contributed by atoms with van der Waals surface area (Å²) in [5.41, 5.74) is 1.88. The van der Waals surface area contributed by atoms with Gasteiger partial charge in [0.15, 0.2) is 11.6 Å². The van der Waals surface area contributed by atoms with Gasteiger partial charge in [-0.05, 0) is 55.1 Å². The quantitative estimate of drug-likeness (QED) is 0.549. The van der Waals surface area contributed by atoms with Crippen LogP contribution in [0.15, 0.2) is 29.1 Å². The van der Waals surface area contributed by atoms with E-state index in [9.17, 15) is 4.79 Å². The first kappa shape index (κ1) is 18.7. The molecule has 2 atom stereocenters. The predicted molar refractivity (Wildman–Crippen MR) is 108 cm³/mol. The summed E-state index contributed by atoms with van der Waals surface area (Å²) in [6.07, 6.45) is 5.58. The first-order valence-corrected chi connectivity index (χ1v) is 10.1. The van der Waals surface area contributed by atoms with Gasteiger partial charge in [-0.1, -0.05) is 0 Å². The van der Waals surface area contributed by atoms with Gasteiger partial charge in [0.25, 0.3) is 0 Å². The zero-order valence-corrected chi connectivity index (χ0v) is 17.2. The maximum Gasteiger partial charge on any atom is 0.407 e. The first-order valence-electron chi connectivity index (χ1n) is 9.27. The van der Waals surface area contributed by atoms with Gasteiger partial charge in [0.05, 0.1) is 12.4 Å². The Kier molecular flexibility index (Phi) is 5.21. The van der Waals surface area contributed by atoms with Gasteiger partial charge >= 0.3 is 6.09 Å². The number of carbonyl (C=O) groups is 1. The normalized spacial score (nSPS) is 19.3. The van der Waals surface area contributed by atoms with Crippen molar-refractivity contribution in [1.82, 2.24) is 30.1 Å². The van der Waals surface area contributed by atoms with E-state index in [1.54, 1.807) is 16.9 Å². The molecule has 0 radical (unpaired) electrons. The summed E-state index contributed by atoms with van der Waals surface area (Å²) in [7, 11) is 0. The van der Waals surface area contributed by atoms with E-state index >= 15 is 0 Å². The summed E-state index contributed by atoms with van der Waals surface area (Å²) in [4.78, 5) is 16.2. The van der Waals surface area contributed by atoms with Crippen LogP contribution in [-0.2, 0) is 4.74 Å². The molecular weight excluding hydrogens is 426 g/mol. The molecule has 3 aromatic rings. The van der Waals surface area contributed by atoms with Crippen LogP contribution in [0.25, 0.3) is 5.52 Å². The summed E-state index contributed by atoms with van der Waals surface area (Å²) >= 11 is 3.43. The van der Waals surface area contributed by atoms with Crippen LogP contribution in [0.4, 0.5) is 16.4 Å². The SMILES string of the molecule is CC(C)NC(=O)OC1CCC(c2cc(Nc3ncc(Br)n4nccc34)n[nH]2)C1. The van der Waals surface area contributed by atoms with Crippen molar-refractivity contribution in [2.24, 2.45) is 0 Å². The molecule has 4 rings (SSSR count). The number of ether oxygens (including phenoxy) is 1. The maximum atomic E-state index is 11.8. The summed E-state index contributed by atoms with van der Waals surface area (Å²) in [5.74, 6) is 1.65. The van der Waals surface area contributed by atoms with Gasteiger partial charge in [0.2, 0.25) is 0 Å². The summed E-state index contributed by atoms with van der Waals surface area (Å²) in [6, 6.07) is 3.94. The highest BCUT2D eigenvalue weighted by molar-refractivity contribution is 9.10. The minimum absolute atomic E-state index is 0.0667. The Bertz CT molecular complexity index is 983. The average molecular weight is 448 g/mol.